The van der Waals surface area contributed by atoms with Crippen LogP contribution in [0.4, 0.5) is 0 Å². The third-order valence-electron chi connectivity index (χ3n) is 12.7. The number of esters is 1. The lowest BCUT2D eigenvalue weighted by Crippen LogP contribution is -2.77. The van der Waals surface area contributed by atoms with Gasteiger partial charge in [0.15, 0.2) is 5.78 Å². The normalized spacial score (nSPS) is 52.7. The number of fused-ring (bicyclic) bond motifs is 3. The number of aliphatic carboxylic acids is 1. The molecule has 4 aliphatic carbocycles. The van der Waals surface area contributed by atoms with Crippen molar-refractivity contribution in [1.82, 2.24) is 0 Å². The smallest absolute Gasteiger partial charge is 0.315 e. The van der Waals surface area contributed by atoms with Crippen LogP contribution in [-0.4, -0.2) is 34.2 Å². The minimum Gasteiger partial charge on any atom is -0.481 e. The molecule has 0 aromatic carbocycles. The zero-order valence-electron chi connectivity index (χ0n) is 22.9. The van der Waals surface area contributed by atoms with Crippen LogP contribution in [0.2, 0.25) is 0 Å². The summed E-state index contributed by atoms with van der Waals surface area (Å²) in [5.74, 6) is -3.97. The van der Waals surface area contributed by atoms with Crippen LogP contribution in [0.15, 0.2) is 0 Å². The van der Waals surface area contributed by atoms with E-state index < -0.39 is 35.1 Å². The van der Waals surface area contributed by atoms with Crippen LogP contribution in [0.5, 0.6) is 0 Å². The molecular formula is C30H44O6. The lowest BCUT2D eigenvalue weighted by molar-refractivity contribution is -0.397. The molecular weight excluding hydrogens is 456 g/mol. The van der Waals surface area contributed by atoms with Crippen molar-refractivity contribution in [2.45, 2.75) is 117 Å². The third kappa shape index (κ3) is 2.86. The Kier molecular flexibility index (Phi) is 4.94. The average molecular weight is 501 g/mol. The van der Waals surface area contributed by atoms with Crippen molar-refractivity contribution in [3.63, 3.8) is 0 Å². The molecule has 0 aromatic heterocycles. The van der Waals surface area contributed by atoms with Gasteiger partial charge >= 0.3 is 11.9 Å². The van der Waals surface area contributed by atoms with Gasteiger partial charge in [0.2, 0.25) is 5.79 Å². The summed E-state index contributed by atoms with van der Waals surface area (Å²) < 4.78 is 13.4. The van der Waals surface area contributed by atoms with E-state index >= 15 is 0 Å². The lowest BCUT2D eigenvalue weighted by Gasteiger charge is -2.70. The molecule has 2 aliphatic heterocycles. The number of ether oxygens (including phenoxy) is 2. The van der Waals surface area contributed by atoms with Crippen molar-refractivity contribution in [2.75, 3.05) is 0 Å². The second-order valence-corrected chi connectivity index (χ2v) is 15.3. The molecule has 0 radical (unpaired) electrons. The summed E-state index contributed by atoms with van der Waals surface area (Å²) in [4.78, 5) is 41.2. The fourth-order valence-corrected chi connectivity index (χ4v) is 11.2. The van der Waals surface area contributed by atoms with Crippen LogP contribution < -0.4 is 0 Å². The van der Waals surface area contributed by atoms with E-state index in [2.05, 4.69) is 41.5 Å². The average Bonchev–Trinajstić information content (AvgIpc) is 2.74. The standard InChI is InChI=1S/C30H44O6/c1-25(2)10-8-13-28(6)18(25)15-20(31)29-14-9-17-21(23(32)33)27(5)12-7-11-26(3,4)19(27)16-30(17,36-29)35-24(34)22(28)29/h17-19,21-22H,7-16H2,1-6H3,(H,32,33)/t17-,18-,19-,21+,22+,27+,28-,29+,30+/m0/s1. The number of ketones is 1. The number of carboxylic acids is 1. The van der Waals surface area contributed by atoms with Crippen molar-refractivity contribution < 1.29 is 29.0 Å². The van der Waals surface area contributed by atoms with Crippen molar-refractivity contribution >= 4 is 17.7 Å². The van der Waals surface area contributed by atoms with E-state index in [1.165, 1.54) is 0 Å². The molecule has 2 bridgehead atoms. The highest BCUT2D eigenvalue weighted by molar-refractivity contribution is 5.96. The van der Waals surface area contributed by atoms with Crippen LogP contribution in [0, 0.1) is 51.2 Å². The van der Waals surface area contributed by atoms with E-state index in [-0.39, 0.29) is 45.2 Å². The summed E-state index contributed by atoms with van der Waals surface area (Å²) in [6.45, 7) is 13.2. The molecule has 2 spiro atoms. The maximum absolute atomic E-state index is 14.2. The number of carboxylic acid groups (broad SMARTS) is 1. The van der Waals surface area contributed by atoms with Gasteiger partial charge in [-0.05, 0) is 72.0 Å². The molecule has 6 heteroatoms. The monoisotopic (exact) mass is 500 g/mol. The number of hydrogen-bond donors (Lipinski definition) is 1. The molecule has 2 heterocycles. The van der Waals surface area contributed by atoms with Crippen LogP contribution in [0.25, 0.3) is 0 Å². The number of carbonyl (C=O) groups is 3. The Morgan fingerprint density at radius 3 is 2.11 bits per heavy atom. The summed E-state index contributed by atoms with van der Waals surface area (Å²) in [6, 6.07) is 0. The van der Waals surface area contributed by atoms with Gasteiger partial charge in [-0.15, -0.1) is 0 Å². The summed E-state index contributed by atoms with van der Waals surface area (Å²) in [5.41, 5.74) is -2.05. The maximum Gasteiger partial charge on any atom is 0.315 e. The van der Waals surface area contributed by atoms with Gasteiger partial charge in [-0.2, -0.15) is 0 Å². The Labute approximate surface area is 215 Å². The SMILES string of the molecule is CC1(C)CCC[C@@]2(C)[C@@H](C(=O)O)[C@@H]3CC[C@]45O[C@@]3(C[C@@H]12)OC(=O)[C@@H]4[C@@]1(C)CCCC(C)(C)[C@@H]1CC5=O. The van der Waals surface area contributed by atoms with Crippen molar-refractivity contribution in [2.24, 2.45) is 51.2 Å². The molecule has 6 rings (SSSR count). The highest BCUT2D eigenvalue weighted by atomic mass is 16.7. The van der Waals surface area contributed by atoms with E-state index in [0.717, 1.165) is 38.5 Å². The summed E-state index contributed by atoms with van der Waals surface area (Å²) in [5, 5.41) is 10.6. The Morgan fingerprint density at radius 2 is 1.47 bits per heavy atom. The van der Waals surface area contributed by atoms with Gasteiger partial charge in [0.05, 0.1) is 11.8 Å². The number of Topliss-reactive ketones (excluding diaryl/α,β-unsaturated/α-hetero) is 1. The number of rotatable bonds is 1. The summed E-state index contributed by atoms with van der Waals surface area (Å²) >= 11 is 0. The highest BCUT2D eigenvalue weighted by Gasteiger charge is 2.77. The van der Waals surface area contributed by atoms with Gasteiger partial charge in [0, 0.05) is 18.8 Å². The first-order valence-corrected chi connectivity index (χ1v) is 14.3. The Hall–Kier alpha value is -1.43. The molecule has 200 valence electrons. The van der Waals surface area contributed by atoms with Gasteiger partial charge in [0.1, 0.15) is 5.60 Å². The third-order valence-corrected chi connectivity index (χ3v) is 12.7. The Balaban J connectivity index is 1.47. The maximum atomic E-state index is 14.2. The molecule has 4 saturated carbocycles. The minimum atomic E-state index is -1.32. The van der Waals surface area contributed by atoms with Gasteiger partial charge in [-0.1, -0.05) is 54.4 Å². The van der Waals surface area contributed by atoms with Crippen LogP contribution in [-0.2, 0) is 23.9 Å². The Morgan fingerprint density at radius 1 is 0.861 bits per heavy atom. The lowest BCUT2D eigenvalue weighted by atomic mass is 9.41. The molecule has 9 atom stereocenters. The van der Waals surface area contributed by atoms with Crippen LogP contribution in [0.1, 0.15) is 106 Å². The molecule has 36 heavy (non-hydrogen) atoms. The molecule has 0 unspecified atom stereocenters. The first-order chi connectivity index (χ1) is 16.6. The fraction of sp³-hybridized carbons (Fsp3) is 0.900. The summed E-state index contributed by atoms with van der Waals surface area (Å²) in [7, 11) is 0. The quantitative estimate of drug-likeness (QED) is 0.460. The van der Waals surface area contributed by atoms with Crippen molar-refractivity contribution in [1.29, 1.82) is 0 Å². The van der Waals surface area contributed by atoms with Crippen LogP contribution in [0.3, 0.4) is 0 Å². The van der Waals surface area contributed by atoms with E-state index in [9.17, 15) is 19.5 Å². The first kappa shape index (κ1) is 24.9. The Bertz CT molecular complexity index is 1030. The van der Waals surface area contributed by atoms with E-state index in [4.69, 9.17) is 9.47 Å². The number of carbonyl (C=O) groups excluding carboxylic acids is 2. The van der Waals surface area contributed by atoms with Crippen LogP contribution >= 0.6 is 0 Å². The topological polar surface area (TPSA) is 89.9 Å². The predicted octanol–water partition coefficient (Wildman–Crippen LogP) is 5.76. The van der Waals surface area contributed by atoms with E-state index in [1.54, 1.807) is 0 Å². The van der Waals surface area contributed by atoms with Crippen molar-refractivity contribution in [3.8, 4) is 0 Å². The molecule has 6 fully saturated rings. The van der Waals surface area contributed by atoms with Gasteiger partial charge in [-0.3, -0.25) is 14.4 Å². The molecule has 6 nitrogen and oxygen atoms in total. The van der Waals surface area contributed by atoms with Crippen molar-refractivity contribution in [3.05, 3.63) is 0 Å². The predicted molar refractivity (Wildman–Crippen MR) is 133 cm³/mol. The van der Waals surface area contributed by atoms with Gasteiger partial charge < -0.3 is 14.6 Å². The van der Waals surface area contributed by atoms with E-state index in [1.807, 2.05) is 0 Å². The highest BCUT2D eigenvalue weighted by Crippen LogP contribution is 2.71. The molecule has 0 amide bonds. The zero-order chi connectivity index (χ0) is 26.1. The second kappa shape index (κ2) is 7.15. The van der Waals surface area contributed by atoms with E-state index in [0.29, 0.717) is 25.7 Å². The summed E-state index contributed by atoms with van der Waals surface area (Å²) in [6.07, 6.45) is 7.75. The molecule has 1 N–H and O–H groups in total. The second-order valence-electron chi connectivity index (χ2n) is 15.3. The molecule has 6 aliphatic rings. The molecule has 0 aromatic rings. The first-order valence-electron chi connectivity index (χ1n) is 14.3. The number of hydrogen-bond acceptors (Lipinski definition) is 5. The van der Waals surface area contributed by atoms with Gasteiger partial charge in [0.25, 0.3) is 0 Å². The minimum absolute atomic E-state index is 0.0237. The van der Waals surface area contributed by atoms with Gasteiger partial charge in [-0.25, -0.2) is 0 Å². The fourth-order valence-electron chi connectivity index (χ4n) is 11.2. The largest absolute Gasteiger partial charge is 0.481 e. The molecule has 2 saturated heterocycles. The zero-order valence-corrected chi connectivity index (χ0v) is 22.9.